The number of hydrogen-bond donors (Lipinski definition) is 1. The molecule has 1 rings (SSSR count). The summed E-state index contributed by atoms with van der Waals surface area (Å²) >= 11 is 0. The van der Waals surface area contributed by atoms with E-state index < -0.39 is 18.0 Å². The Hall–Kier alpha value is -2.40. The van der Waals surface area contributed by atoms with Gasteiger partial charge in [-0.1, -0.05) is 42.5 Å². The average Bonchev–Trinajstić information content (AvgIpc) is 2.62. The Morgan fingerprint density at radius 2 is 1.64 bits per heavy atom. The van der Waals surface area contributed by atoms with E-state index >= 15 is 0 Å². The number of aliphatic hydroxyl groups is 1. The summed E-state index contributed by atoms with van der Waals surface area (Å²) < 4.78 is 9.96. The van der Waals surface area contributed by atoms with Crippen LogP contribution in [0.4, 0.5) is 0 Å². The molecule has 0 radical (unpaired) electrons. The highest BCUT2D eigenvalue weighted by Gasteiger charge is 2.18. The van der Waals surface area contributed by atoms with Gasteiger partial charge in [0.2, 0.25) is 0 Å². The third-order valence-corrected chi connectivity index (χ3v) is 3.59. The van der Waals surface area contributed by atoms with Gasteiger partial charge < -0.3 is 14.6 Å². The van der Waals surface area contributed by atoms with E-state index in [-0.39, 0.29) is 30.8 Å². The summed E-state index contributed by atoms with van der Waals surface area (Å²) in [6.45, 7) is 5.44. The first-order valence-corrected chi connectivity index (χ1v) is 8.43. The molecule has 0 heterocycles. The molecule has 0 bridgehead atoms. The Balaban J connectivity index is 2.76. The van der Waals surface area contributed by atoms with E-state index in [1.807, 2.05) is 30.3 Å². The molecule has 0 aliphatic carbocycles. The second-order valence-corrected chi connectivity index (χ2v) is 5.38. The van der Waals surface area contributed by atoms with Crippen molar-refractivity contribution in [2.75, 3.05) is 13.2 Å². The molecule has 0 spiro atoms. The molecule has 136 valence electrons. The Bertz CT molecular complexity index is 616. The number of allylic oxidation sites excluding steroid dienone is 1. The summed E-state index contributed by atoms with van der Waals surface area (Å²) in [4.78, 5) is 23.9. The lowest BCUT2D eigenvalue weighted by molar-refractivity contribution is -0.141. The highest BCUT2D eigenvalue weighted by atomic mass is 16.5. The standard InChI is InChI=1S/C20H26O5/c1-4-24-19(22)15(3)17(20(23)25-5-2)13-9-10-14-18(21)16-11-7-6-8-12-16/h6-12,18,21H,4-5,13-14H2,1-3H3/b10-9+,17-15-. The second-order valence-electron chi connectivity index (χ2n) is 5.38. The number of aliphatic hydroxyl groups excluding tert-OH is 1. The summed E-state index contributed by atoms with van der Waals surface area (Å²) in [5.41, 5.74) is 1.34. The van der Waals surface area contributed by atoms with Gasteiger partial charge in [-0.25, -0.2) is 9.59 Å². The molecule has 0 saturated carbocycles. The molecule has 0 aliphatic rings. The van der Waals surface area contributed by atoms with Crippen LogP contribution in [0.3, 0.4) is 0 Å². The fourth-order valence-electron chi connectivity index (χ4n) is 2.21. The van der Waals surface area contributed by atoms with E-state index in [1.165, 1.54) is 0 Å². The maximum Gasteiger partial charge on any atom is 0.334 e. The van der Waals surface area contributed by atoms with E-state index in [2.05, 4.69) is 0 Å². The highest BCUT2D eigenvalue weighted by molar-refractivity contribution is 6.00. The molecule has 5 heteroatoms. The fourth-order valence-corrected chi connectivity index (χ4v) is 2.21. The molecule has 5 nitrogen and oxygen atoms in total. The topological polar surface area (TPSA) is 72.8 Å². The van der Waals surface area contributed by atoms with Crippen LogP contribution in [0.15, 0.2) is 53.6 Å². The summed E-state index contributed by atoms with van der Waals surface area (Å²) in [6, 6.07) is 9.33. The largest absolute Gasteiger partial charge is 0.463 e. The summed E-state index contributed by atoms with van der Waals surface area (Å²) in [5.74, 6) is -1.05. The lowest BCUT2D eigenvalue weighted by Gasteiger charge is -2.10. The molecule has 1 aromatic rings. The van der Waals surface area contributed by atoms with Gasteiger partial charge in [-0.3, -0.25) is 0 Å². The van der Waals surface area contributed by atoms with Crippen LogP contribution in [0.5, 0.6) is 0 Å². The maximum absolute atomic E-state index is 12.1. The van der Waals surface area contributed by atoms with Crippen molar-refractivity contribution in [2.45, 2.75) is 39.7 Å². The maximum atomic E-state index is 12.1. The quantitative estimate of drug-likeness (QED) is 0.421. The van der Waals surface area contributed by atoms with Crippen LogP contribution in [-0.2, 0) is 19.1 Å². The Morgan fingerprint density at radius 3 is 2.24 bits per heavy atom. The van der Waals surface area contributed by atoms with Crippen molar-refractivity contribution < 1.29 is 24.2 Å². The van der Waals surface area contributed by atoms with Gasteiger partial charge in [0.15, 0.2) is 0 Å². The number of carbonyl (C=O) groups excluding carboxylic acids is 2. The monoisotopic (exact) mass is 346 g/mol. The first kappa shape index (κ1) is 20.6. The minimum Gasteiger partial charge on any atom is -0.463 e. The summed E-state index contributed by atoms with van der Waals surface area (Å²) in [6.07, 6.45) is 3.58. The van der Waals surface area contributed by atoms with E-state index in [0.717, 1.165) is 5.56 Å². The molecule has 0 saturated heterocycles. The van der Waals surface area contributed by atoms with Gasteiger partial charge in [-0.2, -0.15) is 0 Å². The number of rotatable bonds is 9. The zero-order valence-corrected chi connectivity index (χ0v) is 15.0. The first-order chi connectivity index (χ1) is 12.0. The van der Waals surface area contributed by atoms with Crippen molar-refractivity contribution in [3.8, 4) is 0 Å². The zero-order chi connectivity index (χ0) is 18.7. The predicted octanol–water partition coefficient (Wildman–Crippen LogP) is 3.50. The van der Waals surface area contributed by atoms with Crippen LogP contribution in [0.25, 0.3) is 0 Å². The average molecular weight is 346 g/mol. The number of ether oxygens (including phenoxy) is 2. The van der Waals surface area contributed by atoms with Crippen LogP contribution in [-0.4, -0.2) is 30.3 Å². The molecule has 25 heavy (non-hydrogen) atoms. The molecule has 1 unspecified atom stereocenters. The molecule has 0 aliphatic heterocycles. The smallest absolute Gasteiger partial charge is 0.334 e. The molecular weight excluding hydrogens is 320 g/mol. The predicted molar refractivity (Wildman–Crippen MR) is 95.7 cm³/mol. The molecule has 0 amide bonds. The van der Waals surface area contributed by atoms with Gasteiger partial charge in [0, 0.05) is 5.57 Å². The fraction of sp³-hybridized carbons (Fsp3) is 0.400. The van der Waals surface area contributed by atoms with Gasteiger partial charge in [-0.15, -0.1) is 0 Å². The van der Waals surface area contributed by atoms with Crippen LogP contribution in [0, 0.1) is 0 Å². The minimum absolute atomic E-state index is 0.231. The van der Waals surface area contributed by atoms with Gasteiger partial charge in [-0.05, 0) is 39.2 Å². The Morgan fingerprint density at radius 1 is 1.04 bits per heavy atom. The highest BCUT2D eigenvalue weighted by Crippen LogP contribution is 2.18. The van der Waals surface area contributed by atoms with Crippen molar-refractivity contribution in [2.24, 2.45) is 0 Å². The van der Waals surface area contributed by atoms with E-state index in [0.29, 0.717) is 6.42 Å². The number of benzene rings is 1. The molecule has 1 aromatic carbocycles. The van der Waals surface area contributed by atoms with E-state index in [9.17, 15) is 14.7 Å². The normalized spacial score (nSPS) is 13.3. The van der Waals surface area contributed by atoms with Crippen molar-refractivity contribution >= 4 is 11.9 Å². The van der Waals surface area contributed by atoms with Crippen molar-refractivity contribution in [1.29, 1.82) is 0 Å². The lowest BCUT2D eigenvalue weighted by atomic mass is 10.0. The van der Waals surface area contributed by atoms with Crippen molar-refractivity contribution in [3.05, 3.63) is 59.2 Å². The van der Waals surface area contributed by atoms with Crippen molar-refractivity contribution in [1.82, 2.24) is 0 Å². The Kier molecular flexibility index (Phi) is 9.25. The molecule has 0 fully saturated rings. The number of esters is 2. The van der Waals surface area contributed by atoms with Gasteiger partial charge in [0.1, 0.15) is 0 Å². The van der Waals surface area contributed by atoms with E-state index in [4.69, 9.17) is 9.47 Å². The lowest BCUT2D eigenvalue weighted by Crippen LogP contribution is -2.15. The third kappa shape index (κ3) is 6.93. The van der Waals surface area contributed by atoms with Crippen LogP contribution in [0.2, 0.25) is 0 Å². The van der Waals surface area contributed by atoms with Gasteiger partial charge >= 0.3 is 11.9 Å². The molecule has 1 atom stereocenters. The van der Waals surface area contributed by atoms with Gasteiger partial charge in [0.25, 0.3) is 0 Å². The number of carbonyl (C=O) groups is 2. The van der Waals surface area contributed by atoms with Gasteiger partial charge in [0.05, 0.1) is 24.9 Å². The van der Waals surface area contributed by atoms with Crippen LogP contribution in [0.1, 0.15) is 45.3 Å². The van der Waals surface area contributed by atoms with Crippen molar-refractivity contribution in [3.63, 3.8) is 0 Å². The molecule has 1 N–H and O–H groups in total. The van der Waals surface area contributed by atoms with Crippen LogP contribution >= 0.6 is 0 Å². The third-order valence-electron chi connectivity index (χ3n) is 3.59. The molecule has 0 aromatic heterocycles. The SMILES string of the molecule is CCOC(=O)/C(C)=C(/C/C=C/CC(O)c1ccccc1)C(=O)OCC. The first-order valence-electron chi connectivity index (χ1n) is 8.43. The summed E-state index contributed by atoms with van der Waals surface area (Å²) in [7, 11) is 0. The van der Waals surface area contributed by atoms with Crippen LogP contribution < -0.4 is 0 Å². The number of hydrogen-bond acceptors (Lipinski definition) is 5. The second kappa shape index (κ2) is 11.2. The van der Waals surface area contributed by atoms with E-state index in [1.54, 1.807) is 32.9 Å². The zero-order valence-electron chi connectivity index (χ0n) is 15.0. The minimum atomic E-state index is -0.612. The molecular formula is C20H26O5. The Labute approximate surface area is 149 Å². The summed E-state index contributed by atoms with van der Waals surface area (Å²) in [5, 5.41) is 10.1.